The van der Waals surface area contributed by atoms with Gasteiger partial charge in [0.1, 0.15) is 11.5 Å². The van der Waals surface area contributed by atoms with Gasteiger partial charge in [-0.15, -0.1) is 0 Å². The van der Waals surface area contributed by atoms with E-state index in [2.05, 4.69) is 60.0 Å². The second-order valence-corrected chi connectivity index (χ2v) is 9.60. The number of amidine groups is 2. The van der Waals surface area contributed by atoms with E-state index >= 15 is 0 Å². The summed E-state index contributed by atoms with van der Waals surface area (Å²) in [6.45, 7) is 12.0. The summed E-state index contributed by atoms with van der Waals surface area (Å²) in [6, 6.07) is 7.82. The molecular formula is C30H40N6O. The number of nitrogens with one attached hydrogen (secondary N) is 1. The molecule has 196 valence electrons. The van der Waals surface area contributed by atoms with Crippen molar-refractivity contribution < 1.29 is 4.74 Å². The Hall–Kier alpha value is -3.32. The van der Waals surface area contributed by atoms with Gasteiger partial charge in [0.15, 0.2) is 5.84 Å². The molecule has 3 heterocycles. The topological polar surface area (TPSA) is 75.0 Å². The molecule has 2 aliphatic rings. The van der Waals surface area contributed by atoms with Crippen LogP contribution in [0, 0.1) is 5.92 Å². The zero-order valence-corrected chi connectivity index (χ0v) is 22.9. The molecule has 0 radical (unpaired) electrons. The first kappa shape index (κ1) is 26.7. The second-order valence-electron chi connectivity index (χ2n) is 9.60. The monoisotopic (exact) mass is 500 g/mol. The number of aromatic nitrogens is 2. The maximum Gasteiger partial charge on any atom is 0.213 e. The van der Waals surface area contributed by atoms with Crippen molar-refractivity contribution in [3.63, 3.8) is 0 Å². The highest BCUT2D eigenvalue weighted by atomic mass is 16.5. The van der Waals surface area contributed by atoms with Crippen molar-refractivity contribution in [2.24, 2.45) is 15.9 Å². The lowest BCUT2D eigenvalue weighted by Crippen LogP contribution is -2.30. The van der Waals surface area contributed by atoms with Gasteiger partial charge in [-0.3, -0.25) is 9.98 Å². The van der Waals surface area contributed by atoms with Gasteiger partial charge in [0, 0.05) is 42.2 Å². The van der Waals surface area contributed by atoms with Crippen LogP contribution in [0.1, 0.15) is 58.2 Å². The van der Waals surface area contributed by atoms with E-state index in [1.807, 2.05) is 36.7 Å². The Labute approximate surface area is 221 Å². The number of hydrogen-bond donors (Lipinski definition) is 1. The number of fused-ring (bicyclic) bond motifs is 1. The first-order valence-corrected chi connectivity index (χ1v) is 13.6. The van der Waals surface area contributed by atoms with Crippen LogP contribution in [0.3, 0.4) is 0 Å². The molecule has 2 aromatic heterocycles. The van der Waals surface area contributed by atoms with Crippen LogP contribution in [0.25, 0.3) is 0 Å². The van der Waals surface area contributed by atoms with Crippen LogP contribution in [0.5, 0.6) is 5.88 Å². The highest BCUT2D eigenvalue weighted by Gasteiger charge is 2.32. The molecule has 2 aromatic rings. The number of methoxy groups -OCH3 is 1. The molecule has 0 bridgehead atoms. The van der Waals surface area contributed by atoms with Crippen molar-refractivity contribution in [2.75, 3.05) is 32.1 Å². The van der Waals surface area contributed by atoms with Crippen LogP contribution >= 0.6 is 0 Å². The smallest absolute Gasteiger partial charge is 0.213 e. The Kier molecular flexibility index (Phi) is 9.23. The fraction of sp³-hybridized carbons (Fsp3) is 0.467. The third-order valence-corrected chi connectivity index (χ3v) is 7.19. The molecule has 2 unspecified atom stereocenters. The minimum absolute atomic E-state index is 0.0574. The van der Waals surface area contributed by atoms with Crippen LogP contribution in [-0.4, -0.2) is 59.3 Å². The second kappa shape index (κ2) is 12.8. The standard InChI is InChI=1S/C30H40N6O/c1-6-18-36(8-3)19-16-23-11-9-12-24-21(4)32-29(26-13-10-14-27(33-26)37-5)35-30(28(23)24)34-25-15-17-31-20-22(25)7-2/h9-11,13-15,17,20-21,24H,6-8,12,16,18-19H2,1-5H3,(H,31,32,34,35). The Balaban J connectivity index is 1.81. The van der Waals surface area contributed by atoms with Crippen molar-refractivity contribution in [3.8, 4) is 5.88 Å². The van der Waals surface area contributed by atoms with Crippen molar-refractivity contribution in [1.29, 1.82) is 0 Å². The Morgan fingerprint density at radius 1 is 1.14 bits per heavy atom. The predicted molar refractivity (Wildman–Crippen MR) is 153 cm³/mol. The number of nitrogens with zero attached hydrogens (tertiary/aromatic N) is 5. The van der Waals surface area contributed by atoms with Crippen LogP contribution in [0.4, 0.5) is 5.69 Å². The maximum absolute atomic E-state index is 5.39. The lowest BCUT2D eigenvalue weighted by atomic mass is 9.81. The van der Waals surface area contributed by atoms with Crippen LogP contribution in [0.15, 0.2) is 69.9 Å². The summed E-state index contributed by atoms with van der Waals surface area (Å²) < 4.78 is 5.39. The molecule has 1 aliphatic heterocycles. The molecule has 1 N–H and O–H groups in total. The molecule has 0 spiro atoms. The molecule has 0 aromatic carbocycles. The van der Waals surface area contributed by atoms with Gasteiger partial charge in [-0.1, -0.05) is 39.0 Å². The number of ether oxygens (including phenoxy) is 1. The van der Waals surface area contributed by atoms with Gasteiger partial charge in [-0.25, -0.2) is 9.98 Å². The van der Waals surface area contributed by atoms with Crippen LogP contribution in [-0.2, 0) is 6.42 Å². The number of pyridine rings is 2. The summed E-state index contributed by atoms with van der Waals surface area (Å²) in [5, 5.41) is 3.71. The Morgan fingerprint density at radius 3 is 2.76 bits per heavy atom. The van der Waals surface area contributed by atoms with Gasteiger partial charge in [0.05, 0.1) is 13.2 Å². The third-order valence-electron chi connectivity index (χ3n) is 7.19. The van der Waals surface area contributed by atoms with E-state index in [1.165, 1.54) is 11.1 Å². The van der Waals surface area contributed by atoms with E-state index in [4.69, 9.17) is 14.7 Å². The zero-order valence-electron chi connectivity index (χ0n) is 22.9. The Bertz CT molecular complexity index is 1200. The fourth-order valence-corrected chi connectivity index (χ4v) is 5.12. The summed E-state index contributed by atoms with van der Waals surface area (Å²) >= 11 is 0. The van der Waals surface area contributed by atoms with Crippen molar-refractivity contribution in [1.82, 2.24) is 14.9 Å². The molecule has 0 saturated heterocycles. The van der Waals surface area contributed by atoms with Crippen molar-refractivity contribution >= 4 is 17.4 Å². The third kappa shape index (κ3) is 6.34. The number of allylic oxidation sites excluding steroid dienone is 2. The van der Waals surface area contributed by atoms with E-state index < -0.39 is 0 Å². The quantitative estimate of drug-likeness (QED) is 0.453. The van der Waals surface area contributed by atoms with E-state index in [0.717, 1.165) is 62.4 Å². The highest BCUT2D eigenvalue weighted by Crippen LogP contribution is 2.35. The lowest BCUT2D eigenvalue weighted by Gasteiger charge is -2.29. The molecule has 7 heteroatoms. The van der Waals surface area contributed by atoms with E-state index in [1.54, 1.807) is 7.11 Å². The minimum atomic E-state index is 0.0574. The van der Waals surface area contributed by atoms with E-state index in [0.29, 0.717) is 17.4 Å². The Morgan fingerprint density at radius 2 is 2.00 bits per heavy atom. The highest BCUT2D eigenvalue weighted by molar-refractivity contribution is 6.17. The molecule has 2 atom stereocenters. The van der Waals surface area contributed by atoms with Gasteiger partial charge >= 0.3 is 0 Å². The molecule has 0 saturated carbocycles. The van der Waals surface area contributed by atoms with E-state index in [-0.39, 0.29) is 12.0 Å². The summed E-state index contributed by atoms with van der Waals surface area (Å²) in [6.07, 6.45) is 12.3. The number of aryl methyl sites for hydroxylation is 1. The normalized spacial score (nSPS) is 19.3. The molecule has 4 rings (SSSR count). The van der Waals surface area contributed by atoms with Crippen molar-refractivity contribution in [3.05, 3.63) is 71.2 Å². The zero-order chi connectivity index (χ0) is 26.2. The number of hydrogen-bond acceptors (Lipinski definition) is 7. The van der Waals surface area contributed by atoms with Gasteiger partial charge in [0.25, 0.3) is 0 Å². The number of anilines is 1. The average Bonchev–Trinajstić information content (AvgIpc) is 3.08. The van der Waals surface area contributed by atoms with Gasteiger partial charge in [0.2, 0.25) is 5.88 Å². The average molecular weight is 501 g/mol. The molecule has 0 fully saturated rings. The summed E-state index contributed by atoms with van der Waals surface area (Å²) in [4.78, 5) is 21.8. The first-order valence-electron chi connectivity index (χ1n) is 13.6. The fourth-order valence-electron chi connectivity index (χ4n) is 5.12. The molecule has 0 amide bonds. The molecular weight excluding hydrogens is 460 g/mol. The maximum atomic E-state index is 5.39. The summed E-state index contributed by atoms with van der Waals surface area (Å²) in [5.74, 6) is 2.28. The largest absolute Gasteiger partial charge is 0.481 e. The first-order chi connectivity index (χ1) is 18.1. The van der Waals surface area contributed by atoms with Crippen molar-refractivity contribution in [2.45, 2.75) is 59.4 Å². The van der Waals surface area contributed by atoms with Gasteiger partial charge < -0.3 is 15.0 Å². The molecule has 37 heavy (non-hydrogen) atoms. The van der Waals surface area contributed by atoms with Gasteiger partial charge in [-0.05, 0) is 69.0 Å². The van der Waals surface area contributed by atoms with Crippen LogP contribution < -0.4 is 10.1 Å². The van der Waals surface area contributed by atoms with Crippen LogP contribution in [0.2, 0.25) is 0 Å². The number of aliphatic imine (C=N–C) groups is 2. The van der Waals surface area contributed by atoms with E-state index in [9.17, 15) is 0 Å². The number of rotatable bonds is 10. The molecule has 7 nitrogen and oxygen atoms in total. The summed E-state index contributed by atoms with van der Waals surface area (Å²) in [7, 11) is 1.63. The molecule has 1 aliphatic carbocycles. The SMILES string of the molecule is CCCN(CC)CCC1=C2C(Nc3ccncc3CC)=NC(c3cccc(OC)n3)=NC(C)C2CC=C1. The lowest BCUT2D eigenvalue weighted by molar-refractivity contribution is 0.292. The summed E-state index contributed by atoms with van der Waals surface area (Å²) in [5.41, 5.74) is 5.51. The minimum Gasteiger partial charge on any atom is -0.481 e. The predicted octanol–water partition coefficient (Wildman–Crippen LogP) is 5.70. The van der Waals surface area contributed by atoms with Gasteiger partial charge in [-0.2, -0.15) is 0 Å².